The lowest BCUT2D eigenvalue weighted by atomic mass is 9.88. The van der Waals surface area contributed by atoms with Crippen molar-refractivity contribution in [1.82, 2.24) is 4.90 Å². The van der Waals surface area contributed by atoms with Crippen LogP contribution in [0.4, 0.5) is 5.00 Å². The standard InChI is InChI=1S/C26H30N2O3S/c1-30-19-13-11-18(12-14-19)24(28-15-5-2-6-16-28)23-20-8-3-4-10-22(20)32-26(23)27-25(29)21-9-7-17-31-21/h7,9,11-14,17,24H,2-6,8,10,15-16H2,1H3,(H,27,29)/t24-/m1/s1. The quantitative estimate of drug-likeness (QED) is 0.496. The number of furan rings is 1. The summed E-state index contributed by atoms with van der Waals surface area (Å²) in [6, 6.07) is 12.1. The number of fused-ring (bicyclic) bond motifs is 1. The van der Waals surface area contributed by atoms with E-state index in [2.05, 4.69) is 22.3 Å². The Morgan fingerprint density at radius 2 is 1.84 bits per heavy atom. The number of anilines is 1. The van der Waals surface area contributed by atoms with Crippen molar-refractivity contribution < 1.29 is 13.9 Å². The van der Waals surface area contributed by atoms with Gasteiger partial charge in [-0.05, 0) is 87.0 Å². The number of nitrogens with zero attached hydrogens (tertiary/aromatic N) is 1. The van der Waals surface area contributed by atoms with Crippen LogP contribution in [0.3, 0.4) is 0 Å². The molecule has 1 fully saturated rings. The van der Waals surface area contributed by atoms with Crippen LogP contribution in [0.1, 0.15) is 70.3 Å². The highest BCUT2D eigenvalue weighted by Gasteiger charge is 2.33. The van der Waals surface area contributed by atoms with E-state index in [9.17, 15) is 4.79 Å². The molecule has 32 heavy (non-hydrogen) atoms. The van der Waals surface area contributed by atoms with E-state index in [1.54, 1.807) is 36.8 Å². The van der Waals surface area contributed by atoms with Crippen LogP contribution < -0.4 is 10.1 Å². The summed E-state index contributed by atoms with van der Waals surface area (Å²) >= 11 is 1.76. The summed E-state index contributed by atoms with van der Waals surface area (Å²) in [5.41, 5.74) is 3.99. The third-order valence-electron chi connectivity index (χ3n) is 6.65. The van der Waals surface area contributed by atoms with Crippen LogP contribution in [-0.2, 0) is 12.8 Å². The lowest BCUT2D eigenvalue weighted by Gasteiger charge is -2.36. The number of ether oxygens (including phenoxy) is 1. The SMILES string of the molecule is COc1ccc([C@H](c2c(NC(=O)c3ccco3)sc3c2CCCC3)N2CCCCC2)cc1. The zero-order valence-corrected chi connectivity index (χ0v) is 19.4. The van der Waals surface area contributed by atoms with Crippen molar-refractivity contribution in [2.45, 2.75) is 51.0 Å². The fourth-order valence-electron chi connectivity index (χ4n) is 5.07. The summed E-state index contributed by atoms with van der Waals surface area (Å²) in [6.45, 7) is 2.15. The number of amides is 1. The highest BCUT2D eigenvalue weighted by Crippen LogP contribution is 2.46. The number of carbonyl (C=O) groups excluding carboxylic acids is 1. The molecule has 0 unspecified atom stereocenters. The predicted molar refractivity (Wildman–Crippen MR) is 128 cm³/mol. The van der Waals surface area contributed by atoms with Crippen LogP contribution in [0.15, 0.2) is 47.1 Å². The van der Waals surface area contributed by atoms with Gasteiger partial charge in [0.15, 0.2) is 5.76 Å². The summed E-state index contributed by atoms with van der Waals surface area (Å²) in [4.78, 5) is 17.0. The van der Waals surface area contributed by atoms with Gasteiger partial charge in [0.05, 0.1) is 19.4 Å². The van der Waals surface area contributed by atoms with Crippen molar-refractivity contribution in [2.75, 3.05) is 25.5 Å². The first-order valence-electron chi connectivity index (χ1n) is 11.6. The Bertz CT molecular complexity index is 1050. The summed E-state index contributed by atoms with van der Waals surface area (Å²) in [5, 5.41) is 4.19. The van der Waals surface area contributed by atoms with Crippen molar-refractivity contribution in [3.63, 3.8) is 0 Å². The zero-order chi connectivity index (χ0) is 21.9. The largest absolute Gasteiger partial charge is 0.497 e. The van der Waals surface area contributed by atoms with Crippen LogP contribution in [0.25, 0.3) is 0 Å². The molecule has 1 saturated heterocycles. The summed E-state index contributed by atoms with van der Waals surface area (Å²) in [6.07, 6.45) is 9.86. The maximum Gasteiger partial charge on any atom is 0.291 e. The van der Waals surface area contributed by atoms with Gasteiger partial charge in [-0.2, -0.15) is 0 Å². The molecule has 168 valence electrons. The van der Waals surface area contributed by atoms with Gasteiger partial charge in [-0.15, -0.1) is 11.3 Å². The number of aryl methyl sites for hydroxylation is 1. The number of likely N-dealkylation sites (tertiary alicyclic amines) is 1. The molecule has 2 aliphatic rings. The van der Waals surface area contributed by atoms with Crippen LogP contribution in [-0.4, -0.2) is 31.0 Å². The van der Waals surface area contributed by atoms with Gasteiger partial charge in [0, 0.05) is 10.4 Å². The van der Waals surface area contributed by atoms with Gasteiger partial charge in [0.2, 0.25) is 0 Å². The van der Waals surface area contributed by atoms with Gasteiger partial charge in [0.1, 0.15) is 10.8 Å². The number of methoxy groups -OCH3 is 1. The number of carbonyl (C=O) groups is 1. The second kappa shape index (κ2) is 9.51. The molecule has 0 bridgehead atoms. The third-order valence-corrected chi connectivity index (χ3v) is 7.87. The van der Waals surface area contributed by atoms with Crippen molar-refractivity contribution >= 4 is 22.2 Å². The molecule has 1 amide bonds. The van der Waals surface area contributed by atoms with Crippen molar-refractivity contribution in [3.8, 4) is 5.75 Å². The molecule has 2 aromatic heterocycles. The lowest BCUT2D eigenvalue weighted by molar-refractivity contribution is 0.0996. The maximum atomic E-state index is 12.9. The van der Waals surface area contributed by atoms with E-state index in [4.69, 9.17) is 9.15 Å². The first kappa shape index (κ1) is 21.3. The molecule has 1 atom stereocenters. The number of nitrogens with one attached hydrogen (secondary N) is 1. The molecule has 1 aliphatic heterocycles. The molecule has 3 aromatic rings. The van der Waals surface area contributed by atoms with E-state index in [1.807, 2.05) is 12.1 Å². The Hall–Kier alpha value is -2.57. The monoisotopic (exact) mass is 450 g/mol. The molecular weight excluding hydrogens is 420 g/mol. The van der Waals surface area contributed by atoms with Crippen LogP contribution in [0.5, 0.6) is 5.75 Å². The van der Waals surface area contributed by atoms with Crippen molar-refractivity contribution in [1.29, 1.82) is 0 Å². The van der Waals surface area contributed by atoms with Gasteiger partial charge in [-0.3, -0.25) is 9.69 Å². The van der Waals surface area contributed by atoms with E-state index >= 15 is 0 Å². The molecule has 0 radical (unpaired) electrons. The predicted octanol–water partition coefficient (Wildman–Crippen LogP) is 6.06. The van der Waals surface area contributed by atoms with Crippen LogP contribution in [0, 0.1) is 0 Å². The van der Waals surface area contributed by atoms with E-state index < -0.39 is 0 Å². The minimum Gasteiger partial charge on any atom is -0.497 e. The Labute approximate surface area is 193 Å². The molecule has 0 saturated carbocycles. The number of thiophene rings is 1. The molecule has 6 heteroatoms. The Morgan fingerprint density at radius 1 is 1.06 bits per heavy atom. The van der Waals surface area contributed by atoms with E-state index in [0.29, 0.717) is 5.76 Å². The Morgan fingerprint density at radius 3 is 2.56 bits per heavy atom. The number of hydrogen-bond donors (Lipinski definition) is 1. The van der Waals surface area contributed by atoms with Crippen LogP contribution in [0.2, 0.25) is 0 Å². The molecule has 1 N–H and O–H groups in total. The summed E-state index contributed by atoms with van der Waals surface area (Å²) in [7, 11) is 1.70. The molecule has 1 aliphatic carbocycles. The number of piperidine rings is 1. The first-order valence-corrected chi connectivity index (χ1v) is 12.4. The third kappa shape index (κ3) is 4.21. The summed E-state index contributed by atoms with van der Waals surface area (Å²) < 4.78 is 10.8. The highest BCUT2D eigenvalue weighted by molar-refractivity contribution is 7.16. The average Bonchev–Trinajstić information content (AvgIpc) is 3.50. The van der Waals surface area contributed by atoms with Gasteiger partial charge in [-0.1, -0.05) is 18.6 Å². The Balaban J connectivity index is 1.60. The second-order valence-electron chi connectivity index (χ2n) is 8.66. The molecule has 5 rings (SSSR count). The van der Waals surface area contributed by atoms with E-state index in [1.165, 1.54) is 53.7 Å². The lowest BCUT2D eigenvalue weighted by Crippen LogP contribution is -2.35. The smallest absolute Gasteiger partial charge is 0.291 e. The fraction of sp³-hybridized carbons (Fsp3) is 0.423. The average molecular weight is 451 g/mol. The fourth-order valence-corrected chi connectivity index (χ4v) is 6.38. The first-order chi connectivity index (χ1) is 15.7. The minimum absolute atomic E-state index is 0.131. The molecular formula is C26H30N2O3S. The van der Waals surface area contributed by atoms with E-state index in [-0.39, 0.29) is 11.9 Å². The van der Waals surface area contributed by atoms with Crippen LogP contribution >= 0.6 is 11.3 Å². The van der Waals surface area contributed by atoms with Gasteiger partial charge in [0.25, 0.3) is 5.91 Å². The highest BCUT2D eigenvalue weighted by atomic mass is 32.1. The number of benzene rings is 1. The topological polar surface area (TPSA) is 54.7 Å². The van der Waals surface area contributed by atoms with Gasteiger partial charge in [-0.25, -0.2) is 0 Å². The van der Waals surface area contributed by atoms with Gasteiger partial charge >= 0.3 is 0 Å². The Kier molecular flexibility index (Phi) is 6.32. The maximum absolute atomic E-state index is 12.9. The molecule has 5 nitrogen and oxygen atoms in total. The molecule has 0 spiro atoms. The molecule has 1 aromatic carbocycles. The van der Waals surface area contributed by atoms with Gasteiger partial charge < -0.3 is 14.5 Å². The number of hydrogen-bond acceptors (Lipinski definition) is 5. The molecule has 3 heterocycles. The van der Waals surface area contributed by atoms with E-state index in [0.717, 1.165) is 36.7 Å². The minimum atomic E-state index is -0.179. The normalized spacial score (nSPS) is 17.5. The number of rotatable bonds is 6. The summed E-state index contributed by atoms with van der Waals surface area (Å²) in [5.74, 6) is 1.04. The zero-order valence-electron chi connectivity index (χ0n) is 18.6. The second-order valence-corrected chi connectivity index (χ2v) is 9.76. The van der Waals surface area contributed by atoms with Crippen molar-refractivity contribution in [2.24, 2.45) is 0 Å². The van der Waals surface area contributed by atoms with Crippen molar-refractivity contribution in [3.05, 3.63) is 70.0 Å².